The quantitative estimate of drug-likeness (QED) is 0.909. The van der Waals surface area contributed by atoms with Crippen LogP contribution in [0.4, 0.5) is 4.39 Å². The number of nitrogens with zero attached hydrogens (tertiary/aromatic N) is 1. The van der Waals surface area contributed by atoms with E-state index in [4.69, 9.17) is 11.6 Å². The summed E-state index contributed by atoms with van der Waals surface area (Å²) in [5.74, 6) is -0.482. The molecule has 0 spiro atoms. The lowest BCUT2D eigenvalue weighted by Crippen LogP contribution is -2.23. The molecule has 1 amide bonds. The number of benzene rings is 1. The lowest BCUT2D eigenvalue weighted by molar-refractivity contribution is 0.0946. The first kappa shape index (κ1) is 14.5. The zero-order valence-corrected chi connectivity index (χ0v) is 12.0. The predicted octanol–water partition coefficient (Wildman–Crippen LogP) is 3.26. The molecule has 2 aromatic rings. The maximum Gasteiger partial charge on any atom is 0.272 e. The molecule has 1 heterocycles. The highest BCUT2D eigenvalue weighted by Crippen LogP contribution is 2.16. The van der Waals surface area contributed by atoms with Crippen molar-refractivity contribution in [1.29, 1.82) is 0 Å². The second-order valence-corrected chi connectivity index (χ2v) is 5.20. The van der Waals surface area contributed by atoms with E-state index >= 15 is 0 Å². The molecule has 106 valence electrons. The Hall–Kier alpha value is -1.88. The summed E-state index contributed by atoms with van der Waals surface area (Å²) in [6, 6.07) is 6.06. The van der Waals surface area contributed by atoms with Crippen LogP contribution in [0, 0.1) is 5.82 Å². The molecule has 2 rings (SSSR count). The van der Waals surface area contributed by atoms with E-state index in [0.717, 1.165) is 11.3 Å². The molecule has 0 aliphatic carbocycles. The fourth-order valence-corrected chi connectivity index (χ4v) is 1.87. The number of nitrogens with one attached hydrogen (secondary N) is 2. The molecule has 4 nitrogen and oxygen atoms in total. The molecule has 0 bridgehead atoms. The number of hydrogen-bond donors (Lipinski definition) is 2. The molecule has 1 aromatic heterocycles. The first-order valence-corrected chi connectivity index (χ1v) is 6.62. The summed E-state index contributed by atoms with van der Waals surface area (Å²) >= 11 is 5.68. The predicted molar refractivity (Wildman–Crippen MR) is 75.3 cm³/mol. The zero-order chi connectivity index (χ0) is 14.7. The van der Waals surface area contributed by atoms with Crippen molar-refractivity contribution in [1.82, 2.24) is 15.5 Å². The number of rotatable bonds is 4. The van der Waals surface area contributed by atoms with Gasteiger partial charge in [-0.15, -0.1) is 0 Å². The van der Waals surface area contributed by atoms with Gasteiger partial charge in [0, 0.05) is 12.2 Å². The van der Waals surface area contributed by atoms with Crippen LogP contribution in [0.15, 0.2) is 24.3 Å². The van der Waals surface area contributed by atoms with E-state index in [9.17, 15) is 9.18 Å². The second kappa shape index (κ2) is 6.05. The van der Waals surface area contributed by atoms with Crippen molar-refractivity contribution in [3.8, 4) is 0 Å². The van der Waals surface area contributed by atoms with E-state index in [1.807, 2.05) is 13.8 Å². The fraction of sp³-hybridized carbons (Fsp3) is 0.286. The molecule has 20 heavy (non-hydrogen) atoms. The molecule has 0 atom stereocenters. The molecule has 0 fully saturated rings. The lowest BCUT2D eigenvalue weighted by atomic mass is 10.1. The monoisotopic (exact) mass is 295 g/mol. The van der Waals surface area contributed by atoms with Gasteiger partial charge >= 0.3 is 0 Å². The second-order valence-electron chi connectivity index (χ2n) is 4.79. The Morgan fingerprint density at radius 2 is 2.20 bits per heavy atom. The fourth-order valence-electron chi connectivity index (χ4n) is 1.67. The Kier molecular flexibility index (Phi) is 4.39. The van der Waals surface area contributed by atoms with Crippen molar-refractivity contribution >= 4 is 17.5 Å². The molecule has 6 heteroatoms. The molecule has 2 N–H and O–H groups in total. The van der Waals surface area contributed by atoms with Crippen molar-refractivity contribution in [2.75, 3.05) is 0 Å². The summed E-state index contributed by atoms with van der Waals surface area (Å²) in [6.07, 6.45) is 0. The average Bonchev–Trinajstić information content (AvgIpc) is 2.89. The number of carbonyl (C=O) groups is 1. The molecular formula is C14H15ClFN3O. The topological polar surface area (TPSA) is 57.8 Å². The molecular weight excluding hydrogens is 281 g/mol. The summed E-state index contributed by atoms with van der Waals surface area (Å²) in [6.45, 7) is 4.29. The van der Waals surface area contributed by atoms with Crippen molar-refractivity contribution in [2.24, 2.45) is 0 Å². The molecule has 0 aliphatic rings. The smallest absolute Gasteiger partial charge is 0.272 e. The normalized spacial score (nSPS) is 10.8. The number of hydrogen-bond acceptors (Lipinski definition) is 2. The van der Waals surface area contributed by atoms with Gasteiger partial charge in [-0.3, -0.25) is 9.89 Å². The molecule has 0 saturated carbocycles. The van der Waals surface area contributed by atoms with Crippen LogP contribution in [0.2, 0.25) is 5.02 Å². The molecule has 0 radical (unpaired) electrons. The maximum absolute atomic E-state index is 13.0. The first-order valence-electron chi connectivity index (χ1n) is 6.25. The third-order valence-corrected chi connectivity index (χ3v) is 3.18. The van der Waals surface area contributed by atoms with Crippen LogP contribution in [-0.2, 0) is 6.54 Å². The van der Waals surface area contributed by atoms with E-state index in [-0.39, 0.29) is 23.4 Å². The Bertz CT molecular complexity index is 625. The third kappa shape index (κ3) is 3.36. The number of aromatic amines is 1. The largest absolute Gasteiger partial charge is 0.347 e. The van der Waals surface area contributed by atoms with E-state index in [1.54, 1.807) is 12.1 Å². The van der Waals surface area contributed by atoms with Gasteiger partial charge in [0.1, 0.15) is 11.5 Å². The van der Waals surface area contributed by atoms with Crippen LogP contribution in [0.1, 0.15) is 41.5 Å². The van der Waals surface area contributed by atoms with Gasteiger partial charge in [-0.25, -0.2) is 4.39 Å². The summed E-state index contributed by atoms with van der Waals surface area (Å²) in [4.78, 5) is 11.9. The minimum atomic E-state index is -0.476. The number of halogens is 2. The van der Waals surface area contributed by atoms with Gasteiger partial charge in [0.2, 0.25) is 0 Å². The molecule has 0 unspecified atom stereocenters. The maximum atomic E-state index is 13.0. The van der Waals surface area contributed by atoms with E-state index in [1.165, 1.54) is 12.1 Å². The third-order valence-electron chi connectivity index (χ3n) is 2.89. The van der Waals surface area contributed by atoms with Crippen LogP contribution in [0.3, 0.4) is 0 Å². The Morgan fingerprint density at radius 3 is 2.80 bits per heavy atom. The summed E-state index contributed by atoms with van der Waals surface area (Å²) in [7, 11) is 0. The van der Waals surface area contributed by atoms with E-state index in [2.05, 4.69) is 15.5 Å². The van der Waals surface area contributed by atoms with Crippen LogP contribution in [0.25, 0.3) is 0 Å². The van der Waals surface area contributed by atoms with E-state index in [0.29, 0.717) is 5.69 Å². The highest BCUT2D eigenvalue weighted by molar-refractivity contribution is 6.30. The SMILES string of the molecule is CC(C)c1cc(C(=O)NCc2ccc(F)c(Cl)c2)n[nH]1. The highest BCUT2D eigenvalue weighted by Gasteiger charge is 2.12. The summed E-state index contributed by atoms with van der Waals surface area (Å²) in [5.41, 5.74) is 1.96. The molecule has 0 aliphatic heterocycles. The average molecular weight is 296 g/mol. The Morgan fingerprint density at radius 1 is 1.45 bits per heavy atom. The van der Waals surface area contributed by atoms with Gasteiger partial charge < -0.3 is 5.32 Å². The minimum absolute atomic E-state index is 0.0404. The van der Waals surface area contributed by atoms with E-state index < -0.39 is 5.82 Å². The van der Waals surface area contributed by atoms with Gasteiger partial charge in [0.25, 0.3) is 5.91 Å². The van der Waals surface area contributed by atoms with Crippen molar-refractivity contribution in [2.45, 2.75) is 26.3 Å². The van der Waals surface area contributed by atoms with Gasteiger partial charge in [0.15, 0.2) is 0 Å². The molecule has 0 saturated heterocycles. The summed E-state index contributed by atoms with van der Waals surface area (Å²) < 4.78 is 13.0. The standard InChI is InChI=1S/C14H15ClFN3O/c1-8(2)12-6-13(19-18-12)14(20)17-7-9-3-4-11(16)10(15)5-9/h3-6,8H,7H2,1-2H3,(H,17,20)(H,18,19). The van der Waals surface area contributed by atoms with Crippen LogP contribution < -0.4 is 5.32 Å². The van der Waals surface area contributed by atoms with Gasteiger partial charge in [-0.05, 0) is 29.7 Å². The van der Waals surface area contributed by atoms with Crippen LogP contribution in [0.5, 0.6) is 0 Å². The minimum Gasteiger partial charge on any atom is -0.347 e. The first-order chi connectivity index (χ1) is 9.47. The summed E-state index contributed by atoms with van der Waals surface area (Å²) in [5, 5.41) is 9.53. The highest BCUT2D eigenvalue weighted by atomic mass is 35.5. The zero-order valence-electron chi connectivity index (χ0n) is 11.2. The lowest BCUT2D eigenvalue weighted by Gasteiger charge is -2.04. The number of amides is 1. The van der Waals surface area contributed by atoms with Gasteiger partial charge in [-0.1, -0.05) is 31.5 Å². The van der Waals surface area contributed by atoms with Gasteiger partial charge in [0.05, 0.1) is 5.02 Å². The Balaban J connectivity index is 1.99. The molecule has 1 aromatic carbocycles. The Labute approximate surface area is 121 Å². The van der Waals surface area contributed by atoms with Crippen LogP contribution >= 0.6 is 11.6 Å². The van der Waals surface area contributed by atoms with Gasteiger partial charge in [-0.2, -0.15) is 5.10 Å². The number of carbonyl (C=O) groups excluding carboxylic acids is 1. The van der Waals surface area contributed by atoms with Crippen LogP contribution in [-0.4, -0.2) is 16.1 Å². The van der Waals surface area contributed by atoms with Crippen molar-refractivity contribution in [3.05, 3.63) is 52.1 Å². The van der Waals surface area contributed by atoms with Crippen molar-refractivity contribution in [3.63, 3.8) is 0 Å². The van der Waals surface area contributed by atoms with Crippen molar-refractivity contribution < 1.29 is 9.18 Å². The number of H-pyrrole nitrogens is 1. The number of aromatic nitrogens is 2.